The molecule has 4 rings (SSSR count). The fourth-order valence-corrected chi connectivity index (χ4v) is 3.46. The molecule has 1 aromatic carbocycles. The average Bonchev–Trinajstić information content (AvgIpc) is 2.61. The minimum Gasteiger partial charge on any atom is -0.542 e. The second kappa shape index (κ2) is 7.65. The van der Waals surface area contributed by atoms with Crippen molar-refractivity contribution in [1.29, 1.82) is 0 Å². The quantitative estimate of drug-likeness (QED) is 0.690. The zero-order chi connectivity index (χ0) is 19.8. The third kappa shape index (κ3) is 3.88. The molecule has 1 aromatic heterocycles. The average molecular weight is 397 g/mol. The molecule has 2 aromatic rings. The number of alkyl halides is 3. The third-order valence-electron chi connectivity index (χ3n) is 4.90. The second-order valence-corrected chi connectivity index (χ2v) is 6.85. The van der Waals surface area contributed by atoms with Gasteiger partial charge in [-0.25, -0.2) is 4.57 Å². The van der Waals surface area contributed by atoms with Gasteiger partial charge in [-0.15, -0.1) is 0 Å². The normalized spacial score (nSPS) is 21.0. The Hall–Kier alpha value is -2.84. The number of para-hydroxylation sites is 1. The molecule has 0 saturated heterocycles. The van der Waals surface area contributed by atoms with Gasteiger partial charge in [0.1, 0.15) is 35.7 Å². The third-order valence-corrected chi connectivity index (χ3v) is 4.90. The highest BCUT2D eigenvalue weighted by Crippen LogP contribution is 2.44. The summed E-state index contributed by atoms with van der Waals surface area (Å²) in [5, 5.41) is 12.4. The van der Waals surface area contributed by atoms with Crippen LogP contribution >= 0.6 is 0 Å². The molecule has 2 aliphatic rings. The van der Waals surface area contributed by atoms with Gasteiger partial charge in [-0.3, -0.25) is 10.3 Å². The van der Waals surface area contributed by atoms with Crippen molar-refractivity contribution in [3.63, 3.8) is 0 Å². The van der Waals surface area contributed by atoms with E-state index in [0.717, 1.165) is 18.2 Å². The van der Waals surface area contributed by atoms with E-state index in [0.29, 0.717) is 5.92 Å². The molecule has 2 atom stereocenters. The maximum atomic E-state index is 10.5. The fraction of sp³-hybridized carbons (Fsp3) is 0.421. The monoisotopic (exact) mass is 397 g/mol. The second-order valence-electron chi connectivity index (χ2n) is 6.85. The van der Waals surface area contributed by atoms with Crippen LogP contribution in [0.2, 0.25) is 0 Å². The zero-order valence-electron chi connectivity index (χ0n) is 14.7. The molecule has 0 saturated carbocycles. The van der Waals surface area contributed by atoms with E-state index in [1.54, 1.807) is 0 Å². The number of halogens is 3. The number of carbonyl (C=O) groups excluding carboxylic acids is 1. The van der Waals surface area contributed by atoms with E-state index >= 15 is 0 Å². The van der Waals surface area contributed by atoms with Crippen LogP contribution in [0.1, 0.15) is 32.9 Å². The van der Waals surface area contributed by atoms with Crippen LogP contribution in [0.15, 0.2) is 42.9 Å². The summed E-state index contributed by atoms with van der Waals surface area (Å²) in [6.45, 7) is 5.27. The van der Waals surface area contributed by atoms with Crippen molar-refractivity contribution in [3.05, 3.63) is 48.4 Å². The lowest BCUT2D eigenvalue weighted by molar-refractivity contribution is -0.759. The van der Waals surface area contributed by atoms with Gasteiger partial charge in [0.25, 0.3) is 5.82 Å². The number of anilines is 1. The summed E-state index contributed by atoms with van der Waals surface area (Å²) >= 11 is 0. The van der Waals surface area contributed by atoms with E-state index in [2.05, 4.69) is 40.8 Å². The van der Waals surface area contributed by atoms with E-state index in [9.17, 15) is 13.2 Å². The van der Waals surface area contributed by atoms with Gasteiger partial charge in [-0.1, -0.05) is 25.6 Å². The van der Waals surface area contributed by atoms with Crippen LogP contribution in [0.5, 0.6) is 5.75 Å². The molecule has 152 valence electrons. The number of carboxylic acid groups (broad SMARTS) is 1. The number of fused-ring (bicyclic) bond motifs is 4. The van der Waals surface area contributed by atoms with Crippen LogP contribution in [0.3, 0.4) is 0 Å². The molecular weight excluding hydrogens is 375 g/mol. The number of nitrogens with one attached hydrogen (secondary N) is 1. The molecule has 2 aliphatic heterocycles. The zero-order valence-corrected chi connectivity index (χ0v) is 14.7. The molecule has 0 fully saturated rings. The molecule has 0 amide bonds. The van der Waals surface area contributed by atoms with Gasteiger partial charge in [0.05, 0.1) is 18.7 Å². The summed E-state index contributed by atoms with van der Waals surface area (Å²) in [6, 6.07) is 8.58. The van der Waals surface area contributed by atoms with Crippen molar-refractivity contribution in [2.24, 2.45) is 5.92 Å². The van der Waals surface area contributed by atoms with Crippen molar-refractivity contribution < 1.29 is 32.4 Å². The fourth-order valence-electron chi connectivity index (χ4n) is 3.46. The van der Waals surface area contributed by atoms with Crippen molar-refractivity contribution in [3.8, 4) is 5.75 Å². The number of hydrogen-bond acceptors (Lipinski definition) is 5. The summed E-state index contributed by atoms with van der Waals surface area (Å²) < 4.78 is 39.8. The van der Waals surface area contributed by atoms with Crippen LogP contribution < -0.4 is 19.7 Å². The van der Waals surface area contributed by atoms with Gasteiger partial charge in [-0.2, -0.15) is 13.2 Å². The van der Waals surface area contributed by atoms with Crippen molar-refractivity contribution in [2.45, 2.75) is 39.0 Å². The molecule has 6 nitrogen and oxygen atoms in total. The molecule has 9 heteroatoms. The maximum Gasteiger partial charge on any atom is 0.430 e. The lowest BCUT2D eigenvalue weighted by Gasteiger charge is -2.43. The van der Waals surface area contributed by atoms with Gasteiger partial charge in [0.2, 0.25) is 0 Å². The number of aromatic nitrogens is 2. The first-order chi connectivity index (χ1) is 12.6. The molecular formula is C19H22F3N3O3. The summed E-state index contributed by atoms with van der Waals surface area (Å²) in [4.78, 5) is 13.0. The van der Waals surface area contributed by atoms with E-state index < -0.39 is 12.1 Å². The highest BCUT2D eigenvalue weighted by molar-refractivity contribution is 5.70. The Kier molecular flexibility index (Phi) is 5.86. The molecule has 0 radical (unpaired) electrons. The lowest BCUT2D eigenvalue weighted by atomic mass is 9.76. The van der Waals surface area contributed by atoms with Crippen molar-refractivity contribution >= 4 is 11.8 Å². The lowest BCUT2D eigenvalue weighted by Crippen LogP contribution is -2.65. The Labute approximate surface area is 161 Å². The Morgan fingerprint density at radius 1 is 1.36 bits per heavy atom. The number of rotatable bonds is 0. The smallest absolute Gasteiger partial charge is 0.430 e. The topological polar surface area (TPSA) is 78.2 Å². The van der Waals surface area contributed by atoms with Gasteiger partial charge >= 0.3 is 6.18 Å². The first-order valence-corrected chi connectivity index (χ1v) is 8.25. The first kappa shape index (κ1) is 21.5. The summed E-state index contributed by atoms with van der Waals surface area (Å²) in [5.74, 6) is -0.561. The predicted octanol–water partition coefficient (Wildman–Crippen LogP) is 2.21. The van der Waals surface area contributed by atoms with E-state index in [1.165, 1.54) is 5.56 Å². The van der Waals surface area contributed by atoms with E-state index in [1.807, 2.05) is 30.7 Å². The largest absolute Gasteiger partial charge is 0.542 e. The van der Waals surface area contributed by atoms with Gasteiger partial charge in [-0.05, 0) is 19.9 Å². The molecule has 0 aliphatic carbocycles. The van der Waals surface area contributed by atoms with E-state index in [4.69, 9.17) is 14.6 Å². The minimum absolute atomic E-state index is 0. The number of aliphatic carboxylic acids is 1. The number of ether oxygens (including phenoxy) is 1. The standard InChI is InChI=1S/C16H17N3O.C2HF3O2.CH4/c1-16(2)12-10-20-13-6-4-3-5-11(13)15(12)18-14-9-17-7-8-19(14)16;3-2(4,5)1(6)7;/h3-9,12,15H,10H2,1-2H3;(H,6,7);1H4/t12-,15-;;/m0../s1. The van der Waals surface area contributed by atoms with Crippen LogP contribution in [0, 0.1) is 5.92 Å². The van der Waals surface area contributed by atoms with E-state index in [-0.39, 0.29) is 19.0 Å². The first-order valence-electron chi connectivity index (χ1n) is 8.25. The van der Waals surface area contributed by atoms with Crippen LogP contribution in [-0.2, 0) is 10.3 Å². The SMILES string of the molecule is C.CC1(C)[C@H]2COc3ccccc3[C@@H]2Nc2cncc[n+]21.O=C([O-])C(F)(F)F. The summed E-state index contributed by atoms with van der Waals surface area (Å²) in [5.41, 5.74) is 1.23. The van der Waals surface area contributed by atoms with Gasteiger partial charge in [0.15, 0.2) is 0 Å². The van der Waals surface area contributed by atoms with Crippen molar-refractivity contribution in [2.75, 3.05) is 11.9 Å². The predicted molar refractivity (Wildman–Crippen MR) is 93.3 cm³/mol. The molecule has 1 N–H and O–H groups in total. The Balaban J connectivity index is 0.000000306. The highest BCUT2D eigenvalue weighted by Gasteiger charge is 2.51. The van der Waals surface area contributed by atoms with Gasteiger partial charge < -0.3 is 14.6 Å². The molecule has 0 spiro atoms. The number of carbonyl (C=O) groups is 1. The summed E-state index contributed by atoms with van der Waals surface area (Å²) in [7, 11) is 0. The Morgan fingerprint density at radius 3 is 2.64 bits per heavy atom. The Morgan fingerprint density at radius 2 is 2.00 bits per heavy atom. The Bertz CT molecular complexity index is 856. The van der Waals surface area contributed by atoms with Crippen LogP contribution in [-0.4, -0.2) is 23.7 Å². The maximum absolute atomic E-state index is 10.5. The van der Waals surface area contributed by atoms with Crippen molar-refractivity contribution in [1.82, 2.24) is 4.98 Å². The highest BCUT2D eigenvalue weighted by atomic mass is 19.4. The molecule has 3 heterocycles. The van der Waals surface area contributed by atoms with Crippen LogP contribution in [0.25, 0.3) is 0 Å². The minimum atomic E-state index is -5.19. The molecule has 0 bridgehead atoms. The number of benzene rings is 1. The molecule has 0 unspecified atom stereocenters. The summed E-state index contributed by atoms with van der Waals surface area (Å²) in [6.07, 6.45) is 0.583. The van der Waals surface area contributed by atoms with Crippen LogP contribution in [0.4, 0.5) is 19.0 Å². The van der Waals surface area contributed by atoms with Gasteiger partial charge in [0, 0.05) is 5.56 Å². The number of hydrogen-bond donors (Lipinski definition) is 1. The molecule has 28 heavy (non-hydrogen) atoms. The number of nitrogens with zero attached hydrogens (tertiary/aromatic N) is 2. The number of carboxylic acids is 1.